The summed E-state index contributed by atoms with van der Waals surface area (Å²) in [6.07, 6.45) is 6.75. The van der Waals surface area contributed by atoms with Gasteiger partial charge in [-0.2, -0.15) is 9.78 Å². The first-order chi connectivity index (χ1) is 14.0. The Morgan fingerprint density at radius 2 is 1.79 bits per heavy atom. The lowest BCUT2D eigenvalue weighted by molar-refractivity contribution is -0.933. The van der Waals surface area contributed by atoms with Gasteiger partial charge in [-0.05, 0) is 43.4 Å². The Morgan fingerprint density at radius 3 is 2.45 bits per heavy atom. The topological polar surface area (TPSA) is 70.8 Å². The molecule has 0 aliphatic rings. The van der Waals surface area contributed by atoms with Crippen molar-refractivity contribution in [2.45, 2.75) is 19.6 Å². The average molecular weight is 408 g/mol. The summed E-state index contributed by atoms with van der Waals surface area (Å²) < 4.78 is 6.28. The molecule has 0 spiro atoms. The van der Waals surface area contributed by atoms with Crippen LogP contribution in [0.25, 0.3) is 17.1 Å². The minimum Gasteiger partial charge on any atom is -0.313 e. The van der Waals surface area contributed by atoms with Crippen LogP contribution in [0.1, 0.15) is 18.5 Å². The summed E-state index contributed by atoms with van der Waals surface area (Å²) in [4.78, 5) is 9.35. The third kappa shape index (κ3) is 3.87. The molecule has 0 saturated carbocycles. The molecule has 29 heavy (non-hydrogen) atoms. The Labute approximate surface area is 174 Å². The number of nitrogens with zero attached hydrogens (tertiary/aromatic N) is 7. The lowest BCUT2D eigenvalue weighted by atomic mass is 10.1. The Balaban J connectivity index is 1.52. The van der Waals surface area contributed by atoms with E-state index in [4.69, 9.17) is 17.3 Å². The Hall–Kier alpha value is -3.17. The summed E-state index contributed by atoms with van der Waals surface area (Å²) in [7, 11) is 4.10. The molecule has 9 heteroatoms. The van der Waals surface area contributed by atoms with Gasteiger partial charge in [0.05, 0.1) is 12.7 Å². The summed E-state index contributed by atoms with van der Waals surface area (Å²) in [6.45, 7) is 2.87. The van der Waals surface area contributed by atoms with Gasteiger partial charge >= 0.3 is 0 Å². The molecule has 2 atom stereocenters. The van der Waals surface area contributed by atoms with Gasteiger partial charge in [-0.3, -0.25) is 4.98 Å². The van der Waals surface area contributed by atoms with Gasteiger partial charge in [-0.1, -0.05) is 12.1 Å². The predicted octanol–water partition coefficient (Wildman–Crippen LogP) is 1.83. The van der Waals surface area contributed by atoms with Crippen molar-refractivity contribution in [2.24, 2.45) is 7.05 Å². The van der Waals surface area contributed by atoms with Crippen LogP contribution in [0.4, 0.5) is 0 Å². The van der Waals surface area contributed by atoms with Crippen LogP contribution in [0.3, 0.4) is 0 Å². The van der Waals surface area contributed by atoms with Crippen LogP contribution in [-0.4, -0.2) is 41.1 Å². The fourth-order valence-electron chi connectivity index (χ4n) is 3.26. The second-order valence-electron chi connectivity index (χ2n) is 7.06. The standard InChI is InChI=1S/C20H22N8S/c1-15(16-4-6-18(7-5-16)27-13-22-12-23-27)25(2)14-28-20(29)26(3)19(24-28)17-8-10-21-11-9-17/h4-13,15H,14H2,1-3H3/p+1/t15-/m1/s1. The summed E-state index contributed by atoms with van der Waals surface area (Å²) in [6, 6.07) is 12.5. The average Bonchev–Trinajstić information content (AvgIpc) is 3.39. The van der Waals surface area contributed by atoms with Crippen molar-refractivity contribution < 1.29 is 4.90 Å². The molecule has 0 fully saturated rings. The highest BCUT2D eigenvalue weighted by molar-refractivity contribution is 7.71. The molecule has 0 saturated heterocycles. The molecule has 0 amide bonds. The van der Waals surface area contributed by atoms with Gasteiger partial charge in [0.1, 0.15) is 18.7 Å². The molecule has 1 N–H and O–H groups in total. The van der Waals surface area contributed by atoms with Gasteiger partial charge in [0.2, 0.25) is 4.77 Å². The SMILES string of the molecule is C[C@H](c1ccc(-n2cncn2)cc1)[NH+](C)Cn1nc(-c2ccncc2)n(C)c1=S. The van der Waals surface area contributed by atoms with Gasteiger partial charge in [-0.25, -0.2) is 9.67 Å². The normalized spacial score (nSPS) is 13.3. The van der Waals surface area contributed by atoms with Crippen LogP contribution in [0, 0.1) is 4.77 Å². The first-order valence-electron chi connectivity index (χ1n) is 9.36. The highest BCUT2D eigenvalue weighted by Crippen LogP contribution is 2.16. The number of quaternary nitrogens is 1. The lowest BCUT2D eigenvalue weighted by Gasteiger charge is -2.22. The molecule has 0 aliphatic heterocycles. The largest absolute Gasteiger partial charge is 0.313 e. The number of hydrogen-bond donors (Lipinski definition) is 1. The van der Waals surface area contributed by atoms with Crippen LogP contribution >= 0.6 is 12.2 Å². The summed E-state index contributed by atoms with van der Waals surface area (Å²) in [5.41, 5.74) is 3.23. The molecular formula is C20H23N8S+. The van der Waals surface area contributed by atoms with Crippen LogP contribution in [0.15, 0.2) is 61.4 Å². The fourth-order valence-corrected chi connectivity index (χ4v) is 3.45. The molecule has 1 aromatic carbocycles. The number of pyridine rings is 1. The zero-order valence-electron chi connectivity index (χ0n) is 16.6. The van der Waals surface area contributed by atoms with E-state index in [1.54, 1.807) is 23.4 Å². The summed E-state index contributed by atoms with van der Waals surface area (Å²) >= 11 is 5.62. The number of aromatic nitrogens is 7. The van der Waals surface area contributed by atoms with Gasteiger partial charge in [0, 0.05) is 30.6 Å². The molecule has 8 nitrogen and oxygen atoms in total. The molecule has 0 aliphatic carbocycles. The summed E-state index contributed by atoms with van der Waals surface area (Å²) in [5, 5.41) is 8.92. The fraction of sp³-hybridized carbons (Fsp3) is 0.250. The van der Waals surface area contributed by atoms with Crippen molar-refractivity contribution in [1.29, 1.82) is 0 Å². The van der Waals surface area contributed by atoms with Gasteiger partial charge in [0.25, 0.3) is 0 Å². The molecule has 0 bridgehead atoms. The Morgan fingerprint density at radius 1 is 1.07 bits per heavy atom. The molecule has 3 heterocycles. The number of hydrogen-bond acceptors (Lipinski definition) is 5. The van der Waals surface area contributed by atoms with Crippen LogP contribution in [-0.2, 0) is 13.7 Å². The third-order valence-corrected chi connectivity index (χ3v) is 5.68. The van der Waals surface area contributed by atoms with E-state index in [9.17, 15) is 0 Å². The minimum absolute atomic E-state index is 0.271. The minimum atomic E-state index is 0.271. The molecule has 148 valence electrons. The van der Waals surface area contributed by atoms with Crippen molar-refractivity contribution in [3.05, 3.63) is 71.8 Å². The smallest absolute Gasteiger partial charge is 0.202 e. The highest BCUT2D eigenvalue weighted by Gasteiger charge is 2.18. The first-order valence-corrected chi connectivity index (χ1v) is 9.77. The quantitative estimate of drug-likeness (QED) is 0.494. The van der Waals surface area contributed by atoms with Crippen molar-refractivity contribution in [3.63, 3.8) is 0 Å². The third-order valence-electron chi connectivity index (χ3n) is 5.19. The van der Waals surface area contributed by atoms with E-state index < -0.39 is 0 Å². The van der Waals surface area contributed by atoms with E-state index in [1.165, 1.54) is 16.8 Å². The highest BCUT2D eigenvalue weighted by atomic mass is 32.1. The van der Waals surface area contributed by atoms with Crippen LogP contribution in [0.2, 0.25) is 0 Å². The number of benzene rings is 1. The lowest BCUT2D eigenvalue weighted by Crippen LogP contribution is -3.08. The second kappa shape index (κ2) is 8.06. The van der Waals surface area contributed by atoms with Crippen molar-refractivity contribution >= 4 is 12.2 Å². The van der Waals surface area contributed by atoms with Gasteiger partial charge in [0.15, 0.2) is 12.5 Å². The molecule has 4 aromatic rings. The molecule has 1 unspecified atom stereocenters. The Kier molecular flexibility index (Phi) is 5.32. The van der Waals surface area contributed by atoms with Crippen LogP contribution < -0.4 is 4.90 Å². The monoisotopic (exact) mass is 407 g/mol. The maximum atomic E-state index is 5.62. The molecule has 4 rings (SSSR count). The first kappa shape index (κ1) is 19.2. The van der Waals surface area contributed by atoms with E-state index in [2.05, 4.69) is 53.3 Å². The van der Waals surface area contributed by atoms with Crippen molar-refractivity contribution in [1.82, 2.24) is 34.1 Å². The molecule has 0 radical (unpaired) electrons. The van der Waals surface area contributed by atoms with E-state index in [0.717, 1.165) is 17.1 Å². The zero-order valence-corrected chi connectivity index (χ0v) is 17.4. The van der Waals surface area contributed by atoms with Gasteiger partial charge in [-0.15, -0.1) is 5.10 Å². The molecule has 3 aromatic heterocycles. The van der Waals surface area contributed by atoms with E-state index in [0.29, 0.717) is 11.4 Å². The predicted molar refractivity (Wildman–Crippen MR) is 112 cm³/mol. The van der Waals surface area contributed by atoms with E-state index >= 15 is 0 Å². The molecular weight excluding hydrogens is 384 g/mol. The van der Waals surface area contributed by atoms with E-state index in [-0.39, 0.29) is 6.04 Å². The van der Waals surface area contributed by atoms with Gasteiger partial charge < -0.3 is 9.47 Å². The number of rotatable bonds is 6. The zero-order chi connectivity index (χ0) is 20.4. The number of nitrogens with one attached hydrogen (secondary N) is 1. The maximum Gasteiger partial charge on any atom is 0.202 e. The Bertz CT molecular complexity index is 1130. The second-order valence-corrected chi connectivity index (χ2v) is 7.42. The van der Waals surface area contributed by atoms with Crippen molar-refractivity contribution in [3.8, 4) is 17.1 Å². The summed E-state index contributed by atoms with van der Waals surface area (Å²) in [5.74, 6) is 0.843. The van der Waals surface area contributed by atoms with E-state index in [1.807, 2.05) is 28.4 Å². The van der Waals surface area contributed by atoms with Crippen LogP contribution in [0.5, 0.6) is 0 Å². The van der Waals surface area contributed by atoms with Crippen molar-refractivity contribution in [2.75, 3.05) is 7.05 Å². The maximum absolute atomic E-state index is 5.62.